The maximum Gasteiger partial charge on any atom is 0.149 e. The number of nitrogens with zero attached hydrogens (tertiary/aromatic N) is 3. The predicted octanol–water partition coefficient (Wildman–Crippen LogP) is 1.52. The highest BCUT2D eigenvalue weighted by Gasteiger charge is 2.32. The summed E-state index contributed by atoms with van der Waals surface area (Å²) < 4.78 is 5.88. The molecule has 17 heavy (non-hydrogen) atoms. The van der Waals surface area contributed by atoms with Crippen LogP contribution < -0.4 is 10.2 Å². The standard InChI is InChI=1S/C12H20N4O/c1-9-7-16(8-12(2,3)17-9)11-6-14-5-10(13-4)15-11/h5-6,9H,7-8H2,1-4H3,(H,13,15). The molecule has 5 heteroatoms. The van der Waals surface area contributed by atoms with E-state index in [0.717, 1.165) is 24.7 Å². The van der Waals surface area contributed by atoms with E-state index in [1.807, 2.05) is 7.05 Å². The van der Waals surface area contributed by atoms with Crippen molar-refractivity contribution in [2.75, 3.05) is 30.4 Å². The Hall–Kier alpha value is -1.36. The first-order valence-electron chi connectivity index (χ1n) is 5.93. The lowest BCUT2D eigenvalue weighted by atomic mass is 10.1. The molecule has 1 aromatic heterocycles. The zero-order valence-electron chi connectivity index (χ0n) is 10.9. The molecule has 0 saturated carbocycles. The lowest BCUT2D eigenvalue weighted by Gasteiger charge is -2.42. The molecule has 94 valence electrons. The predicted molar refractivity (Wildman–Crippen MR) is 68.4 cm³/mol. The van der Waals surface area contributed by atoms with Gasteiger partial charge < -0.3 is 15.0 Å². The lowest BCUT2D eigenvalue weighted by Crippen LogP contribution is -2.52. The van der Waals surface area contributed by atoms with Gasteiger partial charge in [0.1, 0.15) is 11.6 Å². The van der Waals surface area contributed by atoms with E-state index in [2.05, 4.69) is 41.0 Å². The third kappa shape index (κ3) is 2.85. The number of hydrogen-bond acceptors (Lipinski definition) is 5. The van der Waals surface area contributed by atoms with Crippen molar-refractivity contribution in [1.29, 1.82) is 0 Å². The summed E-state index contributed by atoms with van der Waals surface area (Å²) >= 11 is 0. The average molecular weight is 236 g/mol. The van der Waals surface area contributed by atoms with Crippen molar-refractivity contribution < 1.29 is 4.74 Å². The van der Waals surface area contributed by atoms with E-state index >= 15 is 0 Å². The number of morpholine rings is 1. The van der Waals surface area contributed by atoms with E-state index in [-0.39, 0.29) is 11.7 Å². The van der Waals surface area contributed by atoms with Gasteiger partial charge in [-0.15, -0.1) is 0 Å². The zero-order chi connectivity index (χ0) is 12.5. The Morgan fingerprint density at radius 3 is 2.88 bits per heavy atom. The third-order valence-corrected chi connectivity index (χ3v) is 2.77. The van der Waals surface area contributed by atoms with Gasteiger partial charge in [0.2, 0.25) is 0 Å². The first-order chi connectivity index (χ1) is 8.00. The molecule has 1 unspecified atom stereocenters. The van der Waals surface area contributed by atoms with Gasteiger partial charge in [0.25, 0.3) is 0 Å². The van der Waals surface area contributed by atoms with E-state index in [4.69, 9.17) is 4.74 Å². The largest absolute Gasteiger partial charge is 0.372 e. The Morgan fingerprint density at radius 2 is 2.24 bits per heavy atom. The van der Waals surface area contributed by atoms with Crippen molar-refractivity contribution in [1.82, 2.24) is 9.97 Å². The van der Waals surface area contributed by atoms with Crippen LogP contribution in [0.4, 0.5) is 11.6 Å². The first-order valence-corrected chi connectivity index (χ1v) is 5.93. The molecule has 1 N–H and O–H groups in total. The van der Waals surface area contributed by atoms with Gasteiger partial charge in [-0.2, -0.15) is 0 Å². The van der Waals surface area contributed by atoms with Crippen molar-refractivity contribution in [3.8, 4) is 0 Å². The molecule has 0 radical (unpaired) electrons. The minimum atomic E-state index is -0.144. The van der Waals surface area contributed by atoms with Crippen LogP contribution in [0.5, 0.6) is 0 Å². The van der Waals surface area contributed by atoms with Crippen LogP contribution in [0, 0.1) is 0 Å². The number of ether oxygens (including phenoxy) is 1. The van der Waals surface area contributed by atoms with Crippen LogP contribution in [0.15, 0.2) is 12.4 Å². The Kier molecular flexibility index (Phi) is 3.19. The fourth-order valence-corrected chi connectivity index (χ4v) is 2.26. The van der Waals surface area contributed by atoms with Crippen LogP contribution in [0.25, 0.3) is 0 Å². The van der Waals surface area contributed by atoms with Gasteiger partial charge in [-0.1, -0.05) is 0 Å². The fourth-order valence-electron chi connectivity index (χ4n) is 2.26. The minimum Gasteiger partial charge on any atom is -0.372 e. The van der Waals surface area contributed by atoms with Crippen LogP contribution in [0.1, 0.15) is 20.8 Å². The molecular weight excluding hydrogens is 216 g/mol. The van der Waals surface area contributed by atoms with Gasteiger partial charge in [-0.05, 0) is 20.8 Å². The number of hydrogen-bond donors (Lipinski definition) is 1. The molecule has 0 aromatic carbocycles. The molecule has 1 fully saturated rings. The van der Waals surface area contributed by atoms with E-state index in [9.17, 15) is 0 Å². The highest BCUT2D eigenvalue weighted by molar-refractivity contribution is 5.44. The molecule has 1 atom stereocenters. The quantitative estimate of drug-likeness (QED) is 0.843. The second-order valence-corrected chi connectivity index (χ2v) is 5.08. The van der Waals surface area contributed by atoms with Crippen LogP contribution in [-0.4, -0.2) is 41.8 Å². The molecule has 0 spiro atoms. The monoisotopic (exact) mass is 236 g/mol. The van der Waals surface area contributed by atoms with Gasteiger partial charge in [0, 0.05) is 20.1 Å². The highest BCUT2D eigenvalue weighted by Crippen LogP contribution is 2.24. The topological polar surface area (TPSA) is 50.3 Å². The SMILES string of the molecule is CNc1cncc(N2CC(C)OC(C)(C)C2)n1. The summed E-state index contributed by atoms with van der Waals surface area (Å²) in [6.07, 6.45) is 3.73. The Bertz CT molecular complexity index is 394. The third-order valence-electron chi connectivity index (χ3n) is 2.77. The zero-order valence-corrected chi connectivity index (χ0v) is 10.9. The summed E-state index contributed by atoms with van der Waals surface area (Å²) in [5, 5.41) is 3.01. The highest BCUT2D eigenvalue weighted by atomic mass is 16.5. The van der Waals surface area contributed by atoms with Crippen molar-refractivity contribution >= 4 is 11.6 Å². The molecule has 2 rings (SSSR count). The smallest absolute Gasteiger partial charge is 0.149 e. The normalized spacial score (nSPS) is 23.5. The lowest BCUT2D eigenvalue weighted by molar-refractivity contribution is -0.0751. The second-order valence-electron chi connectivity index (χ2n) is 5.08. The average Bonchev–Trinajstić information content (AvgIpc) is 2.26. The van der Waals surface area contributed by atoms with Crippen LogP contribution in [0.2, 0.25) is 0 Å². The summed E-state index contributed by atoms with van der Waals surface area (Å²) in [6, 6.07) is 0. The van der Waals surface area contributed by atoms with Crippen molar-refractivity contribution in [3.63, 3.8) is 0 Å². The molecule has 1 aliphatic heterocycles. The van der Waals surface area contributed by atoms with E-state index < -0.39 is 0 Å². The van der Waals surface area contributed by atoms with E-state index in [1.165, 1.54) is 0 Å². The number of rotatable bonds is 2. The molecule has 0 bridgehead atoms. The molecule has 5 nitrogen and oxygen atoms in total. The number of aromatic nitrogens is 2. The van der Waals surface area contributed by atoms with E-state index in [0.29, 0.717) is 0 Å². The van der Waals surface area contributed by atoms with Crippen molar-refractivity contribution in [3.05, 3.63) is 12.4 Å². The Morgan fingerprint density at radius 1 is 1.47 bits per heavy atom. The van der Waals surface area contributed by atoms with E-state index in [1.54, 1.807) is 12.4 Å². The molecule has 0 amide bonds. The maximum atomic E-state index is 5.88. The first kappa shape index (κ1) is 12.1. The Balaban J connectivity index is 2.20. The van der Waals surface area contributed by atoms with Gasteiger partial charge in [-0.25, -0.2) is 4.98 Å². The Labute approximate surface area is 102 Å². The van der Waals surface area contributed by atoms with Crippen LogP contribution in [0.3, 0.4) is 0 Å². The van der Waals surface area contributed by atoms with Crippen LogP contribution in [-0.2, 0) is 4.74 Å². The van der Waals surface area contributed by atoms with Crippen molar-refractivity contribution in [2.45, 2.75) is 32.5 Å². The molecule has 1 saturated heterocycles. The van der Waals surface area contributed by atoms with Gasteiger partial charge >= 0.3 is 0 Å². The van der Waals surface area contributed by atoms with Gasteiger partial charge in [-0.3, -0.25) is 4.98 Å². The van der Waals surface area contributed by atoms with Gasteiger partial charge in [0.15, 0.2) is 0 Å². The minimum absolute atomic E-state index is 0.144. The summed E-state index contributed by atoms with van der Waals surface area (Å²) in [7, 11) is 1.85. The summed E-state index contributed by atoms with van der Waals surface area (Å²) in [4.78, 5) is 10.9. The van der Waals surface area contributed by atoms with Crippen molar-refractivity contribution in [2.24, 2.45) is 0 Å². The number of nitrogens with one attached hydrogen (secondary N) is 1. The molecular formula is C12H20N4O. The molecule has 2 heterocycles. The van der Waals surface area contributed by atoms with Gasteiger partial charge in [0.05, 0.1) is 24.1 Å². The molecule has 1 aromatic rings. The maximum absolute atomic E-state index is 5.88. The molecule has 0 aliphatic carbocycles. The summed E-state index contributed by atoms with van der Waals surface area (Å²) in [5.74, 6) is 1.69. The summed E-state index contributed by atoms with van der Waals surface area (Å²) in [6.45, 7) is 7.98. The number of anilines is 2. The van der Waals surface area contributed by atoms with Crippen LogP contribution >= 0.6 is 0 Å². The molecule has 1 aliphatic rings. The second kappa shape index (κ2) is 4.49. The fraction of sp³-hybridized carbons (Fsp3) is 0.667. The summed E-state index contributed by atoms with van der Waals surface area (Å²) in [5.41, 5.74) is -0.144.